The Hall–Kier alpha value is -3.04. The second-order valence-electron chi connectivity index (χ2n) is 7.39. The Morgan fingerprint density at radius 1 is 1.00 bits per heavy atom. The molecule has 1 atom stereocenters. The first-order valence-electron chi connectivity index (χ1n) is 9.70. The summed E-state index contributed by atoms with van der Waals surface area (Å²) >= 11 is 6.54. The van der Waals surface area contributed by atoms with E-state index in [2.05, 4.69) is 22.4 Å². The number of aryl methyl sites for hydroxylation is 2. The number of carbonyl (C=O) groups is 1. The zero-order valence-electron chi connectivity index (χ0n) is 16.5. The summed E-state index contributed by atoms with van der Waals surface area (Å²) in [7, 11) is 0. The van der Waals surface area contributed by atoms with Gasteiger partial charge >= 0.3 is 0 Å². The maximum atomic E-state index is 12.9. The first kappa shape index (κ1) is 19.3. The number of benzene rings is 3. The number of amides is 1. The maximum Gasteiger partial charge on any atom is 0.251 e. The Balaban J connectivity index is 1.69. The van der Waals surface area contributed by atoms with Gasteiger partial charge in [-0.25, -0.2) is 0 Å². The van der Waals surface area contributed by atoms with Crippen molar-refractivity contribution in [1.82, 2.24) is 10.3 Å². The van der Waals surface area contributed by atoms with Crippen molar-refractivity contribution in [2.45, 2.75) is 19.8 Å². The SMILES string of the molecule is Cc1ccc(C)c(C(=O)NC[C@@H](c2ccccc2Cl)c2c[nH]c3ccccc23)c1. The minimum Gasteiger partial charge on any atom is -0.361 e. The Morgan fingerprint density at radius 2 is 1.76 bits per heavy atom. The third kappa shape index (κ3) is 3.92. The van der Waals surface area contributed by atoms with Crippen LogP contribution in [0.2, 0.25) is 5.02 Å². The van der Waals surface area contributed by atoms with Gasteiger partial charge in [-0.05, 0) is 48.7 Å². The molecule has 4 rings (SSSR count). The Morgan fingerprint density at radius 3 is 2.59 bits per heavy atom. The molecule has 4 heteroatoms. The number of hydrogen-bond donors (Lipinski definition) is 2. The van der Waals surface area contributed by atoms with Crippen LogP contribution >= 0.6 is 11.6 Å². The minimum atomic E-state index is -0.0666. The predicted octanol–water partition coefficient (Wildman–Crippen LogP) is 6.00. The van der Waals surface area contributed by atoms with E-state index in [0.717, 1.165) is 33.2 Å². The Labute approximate surface area is 175 Å². The highest BCUT2D eigenvalue weighted by molar-refractivity contribution is 6.31. The fourth-order valence-electron chi connectivity index (χ4n) is 3.80. The van der Waals surface area contributed by atoms with Gasteiger partial charge in [0.15, 0.2) is 0 Å². The molecule has 0 bridgehead atoms. The second-order valence-corrected chi connectivity index (χ2v) is 7.80. The van der Waals surface area contributed by atoms with Crippen LogP contribution < -0.4 is 5.32 Å². The van der Waals surface area contributed by atoms with Crippen molar-refractivity contribution in [2.24, 2.45) is 0 Å². The van der Waals surface area contributed by atoms with Gasteiger partial charge in [0.1, 0.15) is 0 Å². The van der Waals surface area contributed by atoms with Crippen LogP contribution in [0.4, 0.5) is 0 Å². The third-order valence-electron chi connectivity index (χ3n) is 5.38. The quantitative estimate of drug-likeness (QED) is 0.422. The number of halogens is 1. The van der Waals surface area contributed by atoms with E-state index in [9.17, 15) is 4.79 Å². The molecule has 0 aliphatic carbocycles. The number of rotatable bonds is 5. The molecule has 0 spiro atoms. The molecule has 1 heterocycles. The first-order chi connectivity index (χ1) is 14.0. The fourth-order valence-corrected chi connectivity index (χ4v) is 4.07. The second kappa shape index (κ2) is 8.14. The molecule has 146 valence electrons. The van der Waals surface area contributed by atoms with Gasteiger partial charge < -0.3 is 10.3 Å². The number of H-pyrrole nitrogens is 1. The predicted molar refractivity (Wildman–Crippen MR) is 120 cm³/mol. The van der Waals surface area contributed by atoms with E-state index in [0.29, 0.717) is 17.1 Å². The van der Waals surface area contributed by atoms with E-state index in [4.69, 9.17) is 11.6 Å². The largest absolute Gasteiger partial charge is 0.361 e. The molecule has 2 N–H and O–H groups in total. The lowest BCUT2D eigenvalue weighted by Gasteiger charge is -2.20. The van der Waals surface area contributed by atoms with Crippen molar-refractivity contribution >= 4 is 28.4 Å². The number of aromatic nitrogens is 1. The normalized spacial score (nSPS) is 12.1. The van der Waals surface area contributed by atoms with Crippen molar-refractivity contribution in [3.05, 3.63) is 106 Å². The molecule has 0 fully saturated rings. The van der Waals surface area contributed by atoms with Crippen LogP contribution in [0, 0.1) is 13.8 Å². The molecular weight excluding hydrogens is 380 g/mol. The zero-order chi connectivity index (χ0) is 20.4. The van der Waals surface area contributed by atoms with Crippen LogP contribution in [-0.2, 0) is 0 Å². The third-order valence-corrected chi connectivity index (χ3v) is 5.73. The molecule has 3 aromatic carbocycles. The highest BCUT2D eigenvalue weighted by Gasteiger charge is 2.21. The summed E-state index contributed by atoms with van der Waals surface area (Å²) in [6, 6.07) is 21.9. The molecule has 4 aromatic rings. The number of hydrogen-bond acceptors (Lipinski definition) is 1. The lowest BCUT2D eigenvalue weighted by Crippen LogP contribution is -2.29. The van der Waals surface area contributed by atoms with Crippen molar-refractivity contribution in [3.63, 3.8) is 0 Å². The van der Waals surface area contributed by atoms with Crippen molar-refractivity contribution in [1.29, 1.82) is 0 Å². The zero-order valence-corrected chi connectivity index (χ0v) is 17.3. The number of fused-ring (bicyclic) bond motifs is 1. The van der Waals surface area contributed by atoms with Crippen molar-refractivity contribution in [2.75, 3.05) is 6.54 Å². The average Bonchev–Trinajstić information content (AvgIpc) is 3.15. The van der Waals surface area contributed by atoms with Gasteiger partial charge in [0.05, 0.1) is 0 Å². The van der Waals surface area contributed by atoms with Gasteiger partial charge in [0, 0.05) is 40.1 Å². The van der Waals surface area contributed by atoms with E-state index in [-0.39, 0.29) is 11.8 Å². The average molecular weight is 403 g/mol. The number of nitrogens with one attached hydrogen (secondary N) is 2. The van der Waals surface area contributed by atoms with E-state index in [1.54, 1.807) is 0 Å². The maximum absolute atomic E-state index is 12.9. The van der Waals surface area contributed by atoms with Crippen LogP contribution in [0.25, 0.3) is 10.9 Å². The topological polar surface area (TPSA) is 44.9 Å². The molecule has 1 aromatic heterocycles. The molecule has 29 heavy (non-hydrogen) atoms. The Kier molecular flexibility index (Phi) is 5.41. The van der Waals surface area contributed by atoms with Crippen LogP contribution in [0.3, 0.4) is 0 Å². The summed E-state index contributed by atoms with van der Waals surface area (Å²) in [5, 5.41) is 4.97. The fraction of sp³-hybridized carbons (Fsp3) is 0.160. The lowest BCUT2D eigenvalue weighted by atomic mass is 9.90. The van der Waals surface area contributed by atoms with E-state index >= 15 is 0 Å². The van der Waals surface area contributed by atoms with Gasteiger partial charge in [-0.3, -0.25) is 4.79 Å². The monoisotopic (exact) mass is 402 g/mol. The van der Waals surface area contributed by atoms with Crippen LogP contribution in [0.15, 0.2) is 72.9 Å². The van der Waals surface area contributed by atoms with Crippen molar-refractivity contribution < 1.29 is 4.79 Å². The van der Waals surface area contributed by atoms with E-state index in [1.807, 2.05) is 74.6 Å². The molecular formula is C25H23ClN2O. The van der Waals surface area contributed by atoms with E-state index in [1.165, 1.54) is 0 Å². The first-order valence-corrected chi connectivity index (χ1v) is 10.1. The van der Waals surface area contributed by atoms with Gasteiger partial charge in [-0.15, -0.1) is 0 Å². The van der Waals surface area contributed by atoms with Gasteiger partial charge in [-0.1, -0.05) is 65.7 Å². The molecule has 0 unspecified atom stereocenters. The van der Waals surface area contributed by atoms with Gasteiger partial charge in [0.25, 0.3) is 5.91 Å². The summed E-state index contributed by atoms with van der Waals surface area (Å²) in [4.78, 5) is 16.3. The number of para-hydroxylation sites is 1. The minimum absolute atomic E-state index is 0.0612. The summed E-state index contributed by atoms with van der Waals surface area (Å²) in [5.41, 5.74) is 5.94. The summed E-state index contributed by atoms with van der Waals surface area (Å²) in [6.07, 6.45) is 2.02. The summed E-state index contributed by atoms with van der Waals surface area (Å²) in [5.74, 6) is -0.128. The standard InChI is InChI=1S/C25H23ClN2O/c1-16-11-12-17(2)20(13-16)25(29)28-15-21(18-7-3-5-9-23(18)26)22-14-27-24-10-6-4-8-19(22)24/h3-14,21,27H,15H2,1-2H3,(H,28,29)/t21-/m0/s1. The highest BCUT2D eigenvalue weighted by atomic mass is 35.5. The molecule has 1 amide bonds. The lowest BCUT2D eigenvalue weighted by molar-refractivity contribution is 0.0951. The van der Waals surface area contributed by atoms with Crippen molar-refractivity contribution in [3.8, 4) is 0 Å². The number of aromatic amines is 1. The van der Waals surface area contributed by atoms with Gasteiger partial charge in [-0.2, -0.15) is 0 Å². The smallest absolute Gasteiger partial charge is 0.251 e. The molecule has 0 radical (unpaired) electrons. The van der Waals surface area contributed by atoms with Gasteiger partial charge in [0.2, 0.25) is 0 Å². The van der Waals surface area contributed by atoms with E-state index < -0.39 is 0 Å². The highest BCUT2D eigenvalue weighted by Crippen LogP contribution is 2.34. The molecule has 3 nitrogen and oxygen atoms in total. The Bertz CT molecular complexity index is 1180. The van der Waals surface area contributed by atoms with Crippen LogP contribution in [0.5, 0.6) is 0 Å². The summed E-state index contributed by atoms with van der Waals surface area (Å²) < 4.78 is 0. The molecule has 0 aliphatic rings. The number of carbonyl (C=O) groups excluding carboxylic acids is 1. The van der Waals surface area contributed by atoms with Crippen LogP contribution in [-0.4, -0.2) is 17.4 Å². The molecule has 0 saturated heterocycles. The molecule has 0 saturated carbocycles. The van der Waals surface area contributed by atoms with Crippen LogP contribution in [0.1, 0.15) is 38.5 Å². The molecule has 0 aliphatic heterocycles. The summed E-state index contributed by atoms with van der Waals surface area (Å²) in [6.45, 7) is 4.41.